The second-order valence-electron chi connectivity index (χ2n) is 7.09. The Morgan fingerprint density at radius 2 is 1.70 bits per heavy atom. The van der Waals surface area contributed by atoms with Crippen molar-refractivity contribution in [3.8, 4) is 16.8 Å². The van der Waals surface area contributed by atoms with Gasteiger partial charge in [0.15, 0.2) is 0 Å². The highest BCUT2D eigenvalue weighted by molar-refractivity contribution is 7.13. The quantitative estimate of drug-likeness (QED) is 0.569. The molecule has 3 aromatic rings. The van der Waals surface area contributed by atoms with Gasteiger partial charge in [-0.3, -0.25) is 4.79 Å². The molecule has 0 bridgehead atoms. The van der Waals surface area contributed by atoms with Crippen molar-refractivity contribution < 1.29 is 9.18 Å². The van der Waals surface area contributed by atoms with Crippen LogP contribution in [-0.2, 0) is 0 Å². The van der Waals surface area contributed by atoms with Gasteiger partial charge < -0.3 is 9.88 Å². The van der Waals surface area contributed by atoms with Crippen LogP contribution in [0.4, 0.5) is 4.39 Å². The Bertz CT molecular complexity index is 891. The van der Waals surface area contributed by atoms with E-state index in [1.54, 1.807) is 12.1 Å². The fourth-order valence-corrected chi connectivity index (χ4v) is 4.74. The molecule has 0 radical (unpaired) electrons. The minimum Gasteiger partial charge on any atom is -0.349 e. The molecule has 3 nitrogen and oxygen atoms in total. The van der Waals surface area contributed by atoms with Crippen molar-refractivity contribution >= 4 is 17.2 Å². The monoisotopic (exact) mass is 382 g/mol. The van der Waals surface area contributed by atoms with Crippen LogP contribution < -0.4 is 5.32 Å². The van der Waals surface area contributed by atoms with Crippen LogP contribution in [-0.4, -0.2) is 16.5 Å². The molecular weight excluding hydrogens is 359 g/mol. The van der Waals surface area contributed by atoms with E-state index in [2.05, 4.69) is 5.32 Å². The van der Waals surface area contributed by atoms with Crippen LogP contribution >= 0.6 is 11.3 Å². The molecule has 1 saturated carbocycles. The summed E-state index contributed by atoms with van der Waals surface area (Å²) >= 11 is 1.45. The minimum atomic E-state index is -0.261. The van der Waals surface area contributed by atoms with Crippen LogP contribution in [0.15, 0.2) is 54.2 Å². The van der Waals surface area contributed by atoms with E-state index in [9.17, 15) is 9.18 Å². The zero-order valence-corrected chi connectivity index (χ0v) is 16.0. The van der Waals surface area contributed by atoms with E-state index in [1.165, 1.54) is 49.2 Å². The van der Waals surface area contributed by atoms with Gasteiger partial charge in [-0.25, -0.2) is 4.39 Å². The van der Waals surface area contributed by atoms with Crippen LogP contribution in [0.25, 0.3) is 16.8 Å². The molecule has 0 aliphatic heterocycles. The molecule has 0 atom stereocenters. The number of nitrogens with one attached hydrogen (secondary N) is 1. The van der Waals surface area contributed by atoms with Gasteiger partial charge >= 0.3 is 0 Å². The molecule has 2 aromatic heterocycles. The third-order valence-electron chi connectivity index (χ3n) is 5.18. The molecule has 5 heteroatoms. The Kier molecular flexibility index (Phi) is 5.39. The molecule has 1 aliphatic carbocycles. The number of carbonyl (C=O) groups excluding carboxylic acids is 1. The highest BCUT2D eigenvalue weighted by atomic mass is 32.1. The van der Waals surface area contributed by atoms with Crippen molar-refractivity contribution in [2.24, 2.45) is 0 Å². The number of carbonyl (C=O) groups is 1. The lowest BCUT2D eigenvalue weighted by molar-refractivity contribution is 0.0937. The second kappa shape index (κ2) is 8.09. The average molecular weight is 383 g/mol. The van der Waals surface area contributed by atoms with Crippen molar-refractivity contribution in [3.05, 3.63) is 64.9 Å². The van der Waals surface area contributed by atoms with Gasteiger partial charge in [-0.05, 0) is 42.7 Å². The Hall–Kier alpha value is -2.40. The van der Waals surface area contributed by atoms with Gasteiger partial charge in [-0.1, -0.05) is 37.8 Å². The van der Waals surface area contributed by atoms with E-state index in [1.807, 2.05) is 34.5 Å². The average Bonchev–Trinajstić information content (AvgIpc) is 3.28. The van der Waals surface area contributed by atoms with Gasteiger partial charge in [-0.15, -0.1) is 11.3 Å². The standard InChI is InChI=1S/C22H23FN2OS/c23-17-11-9-16(10-12-17)19-15-27-21(20(19)25-13-5-6-14-25)22(26)24-18-7-3-1-2-4-8-18/h5-6,9-15,18H,1-4,7-8H2,(H,24,26). The predicted molar refractivity (Wildman–Crippen MR) is 108 cm³/mol. The summed E-state index contributed by atoms with van der Waals surface area (Å²) in [7, 11) is 0. The summed E-state index contributed by atoms with van der Waals surface area (Å²) in [6, 6.07) is 10.6. The van der Waals surface area contributed by atoms with Crippen molar-refractivity contribution in [2.75, 3.05) is 0 Å². The van der Waals surface area contributed by atoms with E-state index in [-0.39, 0.29) is 17.8 Å². The summed E-state index contributed by atoms with van der Waals surface area (Å²) in [5.74, 6) is -0.271. The molecule has 1 aromatic carbocycles. The smallest absolute Gasteiger partial charge is 0.263 e. The second-order valence-corrected chi connectivity index (χ2v) is 7.97. The Balaban J connectivity index is 1.68. The summed E-state index contributed by atoms with van der Waals surface area (Å²) in [5, 5.41) is 5.24. The fourth-order valence-electron chi connectivity index (χ4n) is 3.76. The summed E-state index contributed by atoms with van der Waals surface area (Å²) in [6.45, 7) is 0. The Morgan fingerprint density at radius 1 is 1.04 bits per heavy atom. The Morgan fingerprint density at radius 3 is 2.37 bits per heavy atom. The summed E-state index contributed by atoms with van der Waals surface area (Å²) < 4.78 is 15.3. The van der Waals surface area contributed by atoms with Crippen LogP contribution in [0.1, 0.15) is 48.2 Å². The summed E-state index contributed by atoms with van der Waals surface area (Å²) in [4.78, 5) is 13.8. The van der Waals surface area contributed by atoms with Crippen molar-refractivity contribution in [1.29, 1.82) is 0 Å². The summed E-state index contributed by atoms with van der Waals surface area (Å²) in [6.07, 6.45) is 10.9. The number of rotatable bonds is 4. The molecule has 1 fully saturated rings. The van der Waals surface area contributed by atoms with E-state index in [4.69, 9.17) is 0 Å². The normalized spacial score (nSPS) is 15.4. The van der Waals surface area contributed by atoms with Gasteiger partial charge in [0.2, 0.25) is 0 Å². The molecule has 1 amide bonds. The first kappa shape index (κ1) is 18.0. The SMILES string of the molecule is O=C(NC1CCCCCC1)c1scc(-c2ccc(F)cc2)c1-n1cccc1. The molecule has 0 unspecified atom stereocenters. The first-order valence-corrected chi connectivity index (χ1v) is 10.4. The molecule has 2 heterocycles. The van der Waals surface area contributed by atoms with Crippen molar-refractivity contribution in [1.82, 2.24) is 9.88 Å². The van der Waals surface area contributed by atoms with Gasteiger partial charge in [-0.2, -0.15) is 0 Å². The molecule has 27 heavy (non-hydrogen) atoms. The molecule has 140 valence electrons. The van der Waals surface area contributed by atoms with Crippen LogP contribution in [0.5, 0.6) is 0 Å². The summed E-state index contributed by atoms with van der Waals surface area (Å²) in [5.41, 5.74) is 2.72. The minimum absolute atomic E-state index is 0.0102. The highest BCUT2D eigenvalue weighted by Crippen LogP contribution is 2.35. The lowest BCUT2D eigenvalue weighted by atomic mass is 10.1. The van der Waals surface area contributed by atoms with Crippen molar-refractivity contribution in [2.45, 2.75) is 44.6 Å². The molecule has 4 rings (SSSR count). The fraction of sp³-hybridized carbons (Fsp3) is 0.318. The number of amides is 1. The number of aromatic nitrogens is 1. The van der Waals surface area contributed by atoms with Gasteiger partial charge in [0.25, 0.3) is 5.91 Å². The third-order valence-corrected chi connectivity index (χ3v) is 6.15. The lowest BCUT2D eigenvalue weighted by Gasteiger charge is -2.17. The number of halogens is 1. The molecule has 1 N–H and O–H groups in total. The molecule has 0 spiro atoms. The van der Waals surface area contributed by atoms with E-state index >= 15 is 0 Å². The van der Waals surface area contributed by atoms with Crippen LogP contribution in [0.3, 0.4) is 0 Å². The maximum atomic E-state index is 13.3. The van der Waals surface area contributed by atoms with Gasteiger partial charge in [0.05, 0.1) is 5.69 Å². The first-order valence-electron chi connectivity index (χ1n) is 9.54. The maximum Gasteiger partial charge on any atom is 0.263 e. The van der Waals surface area contributed by atoms with Crippen LogP contribution in [0.2, 0.25) is 0 Å². The Labute approximate surface area is 162 Å². The number of benzene rings is 1. The number of hydrogen-bond donors (Lipinski definition) is 1. The number of nitrogens with zero attached hydrogens (tertiary/aromatic N) is 1. The number of hydrogen-bond acceptors (Lipinski definition) is 2. The largest absolute Gasteiger partial charge is 0.349 e. The van der Waals surface area contributed by atoms with E-state index < -0.39 is 0 Å². The predicted octanol–water partition coefficient (Wildman–Crippen LogP) is 5.80. The number of thiophene rings is 1. The third kappa shape index (κ3) is 3.98. The molecule has 1 aliphatic rings. The van der Waals surface area contributed by atoms with Gasteiger partial charge in [0, 0.05) is 29.4 Å². The van der Waals surface area contributed by atoms with E-state index in [0.29, 0.717) is 4.88 Å². The topological polar surface area (TPSA) is 34.0 Å². The lowest BCUT2D eigenvalue weighted by Crippen LogP contribution is -2.34. The van der Waals surface area contributed by atoms with Crippen LogP contribution in [0, 0.1) is 5.82 Å². The van der Waals surface area contributed by atoms with E-state index in [0.717, 1.165) is 29.7 Å². The molecular formula is C22H23FN2OS. The molecule has 0 saturated heterocycles. The zero-order chi connectivity index (χ0) is 18.6. The zero-order valence-electron chi connectivity index (χ0n) is 15.2. The maximum absolute atomic E-state index is 13.3. The van der Waals surface area contributed by atoms with Gasteiger partial charge in [0.1, 0.15) is 10.7 Å². The first-order chi connectivity index (χ1) is 13.2. The van der Waals surface area contributed by atoms with Crippen molar-refractivity contribution in [3.63, 3.8) is 0 Å². The highest BCUT2D eigenvalue weighted by Gasteiger charge is 2.23.